The van der Waals surface area contributed by atoms with E-state index in [-0.39, 0.29) is 26.2 Å². The third kappa shape index (κ3) is 4.98. The predicted octanol–water partition coefficient (Wildman–Crippen LogP) is 3.59. The summed E-state index contributed by atoms with van der Waals surface area (Å²) in [7, 11) is 0. The first-order valence-corrected chi connectivity index (χ1v) is 8.92. The van der Waals surface area contributed by atoms with Crippen molar-refractivity contribution in [2.75, 3.05) is 6.54 Å². The fraction of sp³-hybridized carbons (Fsp3) is 0.227. The van der Waals surface area contributed by atoms with Crippen molar-refractivity contribution in [2.45, 2.75) is 25.7 Å². The lowest BCUT2D eigenvalue weighted by molar-refractivity contribution is -0.148. The number of benzene rings is 2. The number of hydrogen-bond acceptors (Lipinski definition) is 5. The van der Waals surface area contributed by atoms with Crippen molar-refractivity contribution in [1.29, 1.82) is 5.26 Å². The molecule has 0 unspecified atom stereocenters. The highest BCUT2D eigenvalue weighted by molar-refractivity contribution is 5.85. The summed E-state index contributed by atoms with van der Waals surface area (Å²) in [6, 6.07) is 19.7. The smallest absolute Gasteiger partial charge is 0.411 e. The molecule has 6 nitrogen and oxygen atoms in total. The van der Waals surface area contributed by atoms with Crippen LogP contribution in [0.15, 0.2) is 72.3 Å². The zero-order valence-electron chi connectivity index (χ0n) is 15.3. The van der Waals surface area contributed by atoms with E-state index in [9.17, 15) is 9.59 Å². The highest BCUT2D eigenvalue weighted by Gasteiger charge is 2.36. The van der Waals surface area contributed by atoms with Crippen LogP contribution >= 0.6 is 0 Å². The zero-order valence-corrected chi connectivity index (χ0v) is 15.3. The van der Waals surface area contributed by atoms with Gasteiger partial charge in [0.05, 0.1) is 12.5 Å². The van der Waals surface area contributed by atoms with Crippen molar-refractivity contribution in [3.63, 3.8) is 0 Å². The van der Waals surface area contributed by atoms with Crippen molar-refractivity contribution in [2.24, 2.45) is 0 Å². The van der Waals surface area contributed by atoms with Crippen LogP contribution in [-0.2, 0) is 27.5 Å². The molecule has 0 aliphatic carbocycles. The van der Waals surface area contributed by atoms with Crippen molar-refractivity contribution in [3.05, 3.63) is 83.4 Å². The summed E-state index contributed by atoms with van der Waals surface area (Å²) in [4.78, 5) is 26.4. The molecular weight excluding hydrogens is 356 g/mol. The monoisotopic (exact) mass is 376 g/mol. The molecule has 0 saturated carbocycles. The van der Waals surface area contributed by atoms with Gasteiger partial charge in [-0.05, 0) is 22.8 Å². The maximum Gasteiger partial charge on any atom is 0.411 e. The van der Waals surface area contributed by atoms with E-state index < -0.39 is 18.1 Å². The second-order valence-electron chi connectivity index (χ2n) is 6.37. The van der Waals surface area contributed by atoms with E-state index in [1.165, 1.54) is 4.90 Å². The summed E-state index contributed by atoms with van der Waals surface area (Å²) in [5.74, 6) is -0.548. The Hall–Kier alpha value is -3.59. The molecule has 28 heavy (non-hydrogen) atoms. The van der Waals surface area contributed by atoms with E-state index in [1.54, 1.807) is 6.08 Å². The number of carbonyl (C=O) groups is 2. The summed E-state index contributed by atoms with van der Waals surface area (Å²) in [5, 5.41) is 8.94. The second-order valence-corrected chi connectivity index (χ2v) is 6.37. The van der Waals surface area contributed by atoms with Crippen molar-refractivity contribution < 1.29 is 19.1 Å². The summed E-state index contributed by atoms with van der Waals surface area (Å²) >= 11 is 0. The molecule has 1 amide bonds. The number of nitrogens with zero attached hydrogens (tertiary/aromatic N) is 2. The Labute approximate surface area is 163 Å². The van der Waals surface area contributed by atoms with Crippen LogP contribution < -0.4 is 0 Å². The normalized spacial score (nSPS) is 15.5. The fourth-order valence-corrected chi connectivity index (χ4v) is 2.89. The van der Waals surface area contributed by atoms with Crippen LogP contribution in [0.2, 0.25) is 0 Å². The number of hydrogen-bond donors (Lipinski definition) is 0. The minimum atomic E-state index is -0.893. The van der Waals surface area contributed by atoms with Gasteiger partial charge in [-0.15, -0.1) is 0 Å². The minimum absolute atomic E-state index is 0.107. The molecule has 2 aromatic carbocycles. The standard InChI is InChI=1S/C22H20N2O4/c23-12-11-19-13-20(21(25)27-15-17-7-3-1-4-8-17)24(14-19)22(26)28-16-18-9-5-2-6-10-18/h1-10,13,20H,11,14-16H2/t20-/m0/s1. The number of amides is 1. The zero-order chi connectivity index (χ0) is 19.8. The highest BCUT2D eigenvalue weighted by atomic mass is 16.6. The fourth-order valence-electron chi connectivity index (χ4n) is 2.89. The molecule has 0 aromatic heterocycles. The molecule has 2 aromatic rings. The molecule has 1 aliphatic rings. The van der Waals surface area contributed by atoms with Gasteiger partial charge in [0.25, 0.3) is 0 Å². The topological polar surface area (TPSA) is 79.6 Å². The lowest BCUT2D eigenvalue weighted by Crippen LogP contribution is -2.42. The van der Waals surface area contributed by atoms with Crippen molar-refractivity contribution in [1.82, 2.24) is 4.90 Å². The third-order valence-corrected chi connectivity index (χ3v) is 4.31. The highest BCUT2D eigenvalue weighted by Crippen LogP contribution is 2.22. The van der Waals surface area contributed by atoms with Crippen LogP contribution in [-0.4, -0.2) is 29.5 Å². The third-order valence-electron chi connectivity index (χ3n) is 4.31. The Morgan fingerprint density at radius 1 is 0.964 bits per heavy atom. The molecule has 0 saturated heterocycles. The molecule has 0 N–H and O–H groups in total. The summed E-state index contributed by atoms with van der Waals surface area (Å²) in [5.41, 5.74) is 2.40. The Balaban J connectivity index is 1.63. The van der Waals surface area contributed by atoms with Gasteiger partial charge in [0.15, 0.2) is 6.04 Å². The summed E-state index contributed by atoms with van der Waals surface area (Å²) in [6.07, 6.45) is 1.14. The van der Waals surface area contributed by atoms with Gasteiger partial charge in [0.2, 0.25) is 0 Å². The Bertz CT molecular complexity index is 888. The van der Waals surface area contributed by atoms with Crippen LogP contribution in [0.1, 0.15) is 17.5 Å². The second kappa shape index (κ2) is 9.38. The van der Waals surface area contributed by atoms with Gasteiger partial charge in [-0.25, -0.2) is 9.59 Å². The molecule has 0 fully saturated rings. The van der Waals surface area contributed by atoms with E-state index in [2.05, 4.69) is 0 Å². The van der Waals surface area contributed by atoms with E-state index >= 15 is 0 Å². The van der Waals surface area contributed by atoms with Gasteiger partial charge < -0.3 is 9.47 Å². The van der Waals surface area contributed by atoms with Crippen LogP contribution in [0.25, 0.3) is 0 Å². The number of rotatable bonds is 6. The maximum atomic E-state index is 12.6. The first kappa shape index (κ1) is 19.2. The van der Waals surface area contributed by atoms with Crippen LogP contribution in [0.3, 0.4) is 0 Å². The van der Waals surface area contributed by atoms with Gasteiger partial charge in [-0.3, -0.25) is 4.90 Å². The molecule has 6 heteroatoms. The first-order chi connectivity index (χ1) is 13.7. The lowest BCUT2D eigenvalue weighted by Gasteiger charge is -2.23. The summed E-state index contributed by atoms with van der Waals surface area (Å²) in [6.45, 7) is 0.395. The molecule has 0 spiro atoms. The first-order valence-electron chi connectivity index (χ1n) is 8.92. The molecule has 3 rings (SSSR count). The lowest BCUT2D eigenvalue weighted by atomic mass is 10.2. The molecule has 1 aliphatic heterocycles. The molecule has 1 atom stereocenters. The molecule has 1 heterocycles. The van der Waals surface area contributed by atoms with Crippen molar-refractivity contribution >= 4 is 12.1 Å². The van der Waals surface area contributed by atoms with Gasteiger partial charge in [-0.2, -0.15) is 5.26 Å². The molecule has 0 radical (unpaired) electrons. The Morgan fingerprint density at radius 3 is 2.11 bits per heavy atom. The number of nitriles is 1. The molecular formula is C22H20N2O4. The summed E-state index contributed by atoms with van der Waals surface area (Å²) < 4.78 is 10.7. The van der Waals surface area contributed by atoms with E-state index in [4.69, 9.17) is 14.7 Å². The van der Waals surface area contributed by atoms with Crippen LogP contribution in [0, 0.1) is 11.3 Å². The Kier molecular flexibility index (Phi) is 6.42. The van der Waals surface area contributed by atoms with Gasteiger partial charge in [0, 0.05) is 6.54 Å². The maximum absolute atomic E-state index is 12.6. The van der Waals surface area contributed by atoms with Crippen molar-refractivity contribution in [3.8, 4) is 6.07 Å². The average Bonchev–Trinajstić information content (AvgIpc) is 3.16. The van der Waals surface area contributed by atoms with E-state index in [0.717, 1.165) is 11.1 Å². The number of carbonyl (C=O) groups excluding carboxylic acids is 2. The van der Waals surface area contributed by atoms with Gasteiger partial charge in [0.1, 0.15) is 13.2 Å². The minimum Gasteiger partial charge on any atom is -0.459 e. The van der Waals surface area contributed by atoms with Crippen LogP contribution in [0.5, 0.6) is 0 Å². The number of esters is 1. The van der Waals surface area contributed by atoms with E-state index in [0.29, 0.717) is 5.57 Å². The molecule has 142 valence electrons. The largest absolute Gasteiger partial charge is 0.459 e. The quantitative estimate of drug-likeness (QED) is 0.569. The predicted molar refractivity (Wildman–Crippen MR) is 102 cm³/mol. The van der Waals surface area contributed by atoms with Crippen LogP contribution in [0.4, 0.5) is 4.79 Å². The van der Waals surface area contributed by atoms with Gasteiger partial charge >= 0.3 is 12.1 Å². The number of ether oxygens (including phenoxy) is 2. The molecule has 0 bridgehead atoms. The average molecular weight is 376 g/mol. The van der Waals surface area contributed by atoms with Gasteiger partial charge in [-0.1, -0.05) is 60.7 Å². The SMILES string of the molecule is N#CCC1=C[C@@H](C(=O)OCc2ccccc2)N(C(=O)OCc2ccccc2)C1. The van der Waals surface area contributed by atoms with E-state index in [1.807, 2.05) is 66.7 Å². The Morgan fingerprint density at radius 2 is 1.54 bits per heavy atom.